The van der Waals surface area contributed by atoms with Crippen LogP contribution in [0.4, 0.5) is 23.7 Å². The van der Waals surface area contributed by atoms with E-state index in [0.717, 1.165) is 5.56 Å². The molecule has 0 spiro atoms. The van der Waals surface area contributed by atoms with Crippen molar-refractivity contribution in [3.63, 3.8) is 0 Å². The van der Waals surface area contributed by atoms with Crippen LogP contribution in [0, 0.1) is 0 Å². The molecule has 2 rings (SSSR count). The van der Waals surface area contributed by atoms with E-state index >= 15 is 0 Å². The number of carbonyl (C=O) groups excluding carboxylic acids is 2. The first-order valence-electron chi connectivity index (χ1n) is 8.10. The average molecular weight is 380 g/mol. The summed E-state index contributed by atoms with van der Waals surface area (Å²) < 4.78 is 45.0. The number of ether oxygens (including phenoxy) is 1. The average Bonchev–Trinajstić information content (AvgIpc) is 2.65. The Labute approximate surface area is 154 Å². The molecule has 0 heterocycles. The molecule has 2 aromatic rings. The van der Waals surface area contributed by atoms with Crippen LogP contribution in [0.25, 0.3) is 0 Å². The van der Waals surface area contributed by atoms with Crippen molar-refractivity contribution < 1.29 is 27.5 Å². The van der Waals surface area contributed by atoms with Crippen molar-refractivity contribution in [3.8, 4) is 0 Å². The molecule has 2 atom stereocenters. The number of hydrogen-bond donors (Lipinski definition) is 2. The van der Waals surface area contributed by atoms with Gasteiger partial charge >= 0.3 is 12.3 Å². The number of anilines is 1. The molecule has 1 amide bonds. The van der Waals surface area contributed by atoms with Crippen LogP contribution in [0.15, 0.2) is 54.6 Å². The maximum Gasteiger partial charge on any atom is 0.411 e. The van der Waals surface area contributed by atoms with Crippen LogP contribution in [0.1, 0.15) is 17.2 Å². The lowest BCUT2D eigenvalue weighted by molar-refractivity contribution is -0.159. The van der Waals surface area contributed by atoms with E-state index in [1.165, 1.54) is 31.4 Å². The van der Waals surface area contributed by atoms with Gasteiger partial charge in [0.25, 0.3) is 0 Å². The first kappa shape index (κ1) is 20.4. The van der Waals surface area contributed by atoms with Crippen molar-refractivity contribution in [1.82, 2.24) is 5.32 Å². The zero-order valence-electron chi connectivity index (χ0n) is 14.5. The van der Waals surface area contributed by atoms with E-state index in [0.29, 0.717) is 12.0 Å². The molecule has 0 aliphatic carbocycles. The van der Waals surface area contributed by atoms with E-state index in [-0.39, 0.29) is 12.0 Å². The van der Waals surface area contributed by atoms with Crippen LogP contribution in [0.5, 0.6) is 0 Å². The molecule has 2 aromatic carbocycles. The van der Waals surface area contributed by atoms with Crippen LogP contribution in [0.3, 0.4) is 0 Å². The fraction of sp³-hybridized carbons (Fsp3) is 0.263. The Kier molecular flexibility index (Phi) is 6.95. The number of nitrogens with one attached hydrogen (secondary N) is 2. The number of hydrogen-bond acceptors (Lipinski definition) is 4. The Hall–Kier alpha value is -2.87. The molecule has 1 unspecified atom stereocenters. The smallest absolute Gasteiger partial charge is 0.411 e. The summed E-state index contributed by atoms with van der Waals surface area (Å²) in [6.45, 7) is 0. The predicted molar refractivity (Wildman–Crippen MR) is 94.4 cm³/mol. The summed E-state index contributed by atoms with van der Waals surface area (Å²) in [6, 6.07) is 10.9. The summed E-state index contributed by atoms with van der Waals surface area (Å²) in [7, 11) is 1.18. The number of carbonyl (C=O) groups is 2. The van der Waals surface area contributed by atoms with Crippen molar-refractivity contribution in [1.29, 1.82) is 0 Å². The van der Waals surface area contributed by atoms with Crippen LogP contribution in [-0.4, -0.2) is 31.7 Å². The standard InChI is InChI=1S/C19H19F3N2O3/c1-27-18(26)24-15-9-7-14(8-10-15)17(19(20,21)22)23-16(12-25)11-13-5-3-2-4-6-13/h2-10,12,16-17,23H,11H2,1H3,(H,24,26)/t16-,17?/m0/s1. The molecule has 8 heteroatoms. The van der Waals surface area contributed by atoms with Gasteiger partial charge in [0.05, 0.1) is 13.2 Å². The number of amides is 1. The quantitative estimate of drug-likeness (QED) is 0.716. The van der Waals surface area contributed by atoms with Crippen molar-refractivity contribution in [2.75, 3.05) is 12.4 Å². The molecular weight excluding hydrogens is 361 g/mol. The van der Waals surface area contributed by atoms with E-state index in [1.807, 2.05) is 0 Å². The first-order chi connectivity index (χ1) is 12.8. The Balaban J connectivity index is 2.17. The Morgan fingerprint density at radius 1 is 1.11 bits per heavy atom. The summed E-state index contributed by atoms with van der Waals surface area (Å²) in [5, 5.41) is 4.74. The third kappa shape index (κ3) is 6.10. The normalized spacial score (nSPS) is 13.5. The largest absolute Gasteiger partial charge is 0.453 e. The van der Waals surface area contributed by atoms with Gasteiger partial charge in [0.2, 0.25) is 0 Å². The van der Waals surface area contributed by atoms with Gasteiger partial charge in [-0.25, -0.2) is 4.79 Å². The Morgan fingerprint density at radius 3 is 2.26 bits per heavy atom. The van der Waals surface area contributed by atoms with E-state index < -0.39 is 24.4 Å². The maximum absolute atomic E-state index is 13.5. The molecule has 0 aliphatic heterocycles. The van der Waals surface area contributed by atoms with Crippen LogP contribution in [0.2, 0.25) is 0 Å². The summed E-state index contributed by atoms with van der Waals surface area (Å²) in [5.41, 5.74) is 0.973. The summed E-state index contributed by atoms with van der Waals surface area (Å²) in [6.07, 6.45) is -4.72. The van der Waals surface area contributed by atoms with Gasteiger partial charge in [0.1, 0.15) is 12.3 Å². The molecular formula is C19H19F3N2O3. The second-order valence-electron chi connectivity index (χ2n) is 5.81. The monoisotopic (exact) mass is 380 g/mol. The van der Waals surface area contributed by atoms with Gasteiger partial charge in [-0.1, -0.05) is 42.5 Å². The molecule has 0 radical (unpaired) electrons. The van der Waals surface area contributed by atoms with E-state index in [1.54, 1.807) is 30.3 Å². The van der Waals surface area contributed by atoms with Gasteiger partial charge in [-0.05, 0) is 29.7 Å². The van der Waals surface area contributed by atoms with Crippen LogP contribution in [-0.2, 0) is 16.0 Å². The van der Waals surface area contributed by atoms with Gasteiger partial charge in [-0.3, -0.25) is 10.6 Å². The lowest BCUT2D eigenvalue weighted by atomic mass is 10.0. The molecule has 0 saturated carbocycles. The lowest BCUT2D eigenvalue weighted by Crippen LogP contribution is -2.42. The lowest BCUT2D eigenvalue weighted by Gasteiger charge is -2.25. The van der Waals surface area contributed by atoms with E-state index in [4.69, 9.17) is 0 Å². The molecule has 144 valence electrons. The highest BCUT2D eigenvalue weighted by atomic mass is 19.4. The van der Waals surface area contributed by atoms with Gasteiger partial charge in [0.15, 0.2) is 0 Å². The molecule has 5 nitrogen and oxygen atoms in total. The molecule has 0 saturated heterocycles. The number of halogens is 3. The highest BCUT2D eigenvalue weighted by molar-refractivity contribution is 5.84. The molecule has 27 heavy (non-hydrogen) atoms. The minimum Gasteiger partial charge on any atom is -0.453 e. The van der Waals surface area contributed by atoms with Crippen LogP contribution >= 0.6 is 0 Å². The second-order valence-corrected chi connectivity index (χ2v) is 5.81. The summed E-state index contributed by atoms with van der Waals surface area (Å²) in [4.78, 5) is 22.5. The Morgan fingerprint density at radius 2 is 1.74 bits per heavy atom. The second kappa shape index (κ2) is 9.18. The minimum atomic E-state index is -4.60. The summed E-state index contributed by atoms with van der Waals surface area (Å²) >= 11 is 0. The minimum absolute atomic E-state index is 0.0715. The topological polar surface area (TPSA) is 67.4 Å². The Bertz CT molecular complexity index is 749. The number of alkyl halides is 3. The number of benzene rings is 2. The van der Waals surface area contributed by atoms with Gasteiger partial charge in [-0.2, -0.15) is 13.2 Å². The number of methoxy groups -OCH3 is 1. The molecule has 0 aliphatic rings. The highest BCUT2D eigenvalue weighted by Gasteiger charge is 2.41. The van der Waals surface area contributed by atoms with Gasteiger partial charge in [0, 0.05) is 5.69 Å². The SMILES string of the molecule is COC(=O)Nc1ccc(C(N[C@H](C=O)Cc2ccccc2)C(F)(F)F)cc1. The van der Waals surface area contributed by atoms with Gasteiger partial charge in [-0.15, -0.1) is 0 Å². The fourth-order valence-corrected chi connectivity index (χ4v) is 2.54. The zero-order chi connectivity index (χ0) is 19.9. The molecule has 0 aromatic heterocycles. The highest BCUT2D eigenvalue weighted by Crippen LogP contribution is 2.33. The number of rotatable bonds is 7. The predicted octanol–water partition coefficient (Wildman–Crippen LogP) is 3.87. The fourth-order valence-electron chi connectivity index (χ4n) is 2.54. The van der Waals surface area contributed by atoms with Crippen molar-refractivity contribution in [3.05, 3.63) is 65.7 Å². The van der Waals surface area contributed by atoms with Crippen molar-refractivity contribution in [2.45, 2.75) is 24.7 Å². The summed E-state index contributed by atoms with van der Waals surface area (Å²) in [5.74, 6) is 0. The zero-order valence-corrected chi connectivity index (χ0v) is 14.5. The van der Waals surface area contributed by atoms with Crippen LogP contribution < -0.4 is 10.6 Å². The molecule has 0 fully saturated rings. The van der Waals surface area contributed by atoms with E-state index in [2.05, 4.69) is 15.4 Å². The molecule has 2 N–H and O–H groups in total. The third-order valence-corrected chi connectivity index (χ3v) is 3.85. The number of aldehydes is 1. The third-order valence-electron chi connectivity index (χ3n) is 3.85. The molecule has 0 bridgehead atoms. The maximum atomic E-state index is 13.5. The van der Waals surface area contributed by atoms with Crippen molar-refractivity contribution >= 4 is 18.1 Å². The van der Waals surface area contributed by atoms with Gasteiger partial charge < -0.3 is 9.53 Å². The van der Waals surface area contributed by atoms with Crippen molar-refractivity contribution in [2.24, 2.45) is 0 Å². The van der Waals surface area contributed by atoms with E-state index in [9.17, 15) is 22.8 Å². The first-order valence-corrected chi connectivity index (χ1v) is 8.10.